The third-order valence-corrected chi connectivity index (χ3v) is 3.87. The summed E-state index contributed by atoms with van der Waals surface area (Å²) in [6.07, 6.45) is 3.60. The van der Waals surface area contributed by atoms with E-state index in [1.807, 2.05) is 0 Å². The fraction of sp³-hybridized carbons (Fsp3) is 0.571. The quantitative estimate of drug-likeness (QED) is 0.873. The number of nitrogens with one attached hydrogen (secondary N) is 1. The van der Waals surface area contributed by atoms with Gasteiger partial charge in [0.1, 0.15) is 0 Å². The molecule has 1 fully saturated rings. The summed E-state index contributed by atoms with van der Waals surface area (Å²) < 4.78 is 10.5. The van der Waals surface area contributed by atoms with Crippen LogP contribution in [0.1, 0.15) is 24.8 Å². The number of halogens is 1. The second kappa shape index (κ2) is 6.46. The Hall–Kier alpha value is -0.970. The molecule has 0 heterocycles. The first-order valence-corrected chi connectivity index (χ1v) is 6.85. The molecule has 2 N–H and O–H groups in total. The second-order valence-electron chi connectivity index (χ2n) is 4.81. The van der Waals surface area contributed by atoms with E-state index in [-0.39, 0.29) is 11.9 Å². The van der Waals surface area contributed by atoms with Gasteiger partial charge in [-0.25, -0.2) is 0 Å². The molecule has 1 aliphatic rings. The Labute approximate surface area is 118 Å². The molecule has 2 rings (SSSR count). The van der Waals surface area contributed by atoms with Crippen molar-refractivity contribution in [2.45, 2.75) is 38.0 Å². The van der Waals surface area contributed by atoms with E-state index in [1.54, 1.807) is 19.2 Å². The van der Waals surface area contributed by atoms with Crippen LogP contribution in [0.5, 0.6) is 11.5 Å². The lowest BCUT2D eigenvalue weighted by molar-refractivity contribution is 0.0846. The monoisotopic (exact) mass is 285 g/mol. The minimum atomic E-state index is 0.145. The number of methoxy groups -OCH3 is 2. The van der Waals surface area contributed by atoms with Crippen molar-refractivity contribution in [3.63, 3.8) is 0 Å². The van der Waals surface area contributed by atoms with Gasteiger partial charge in [0.15, 0.2) is 11.5 Å². The standard InChI is InChI=1S/C14H20ClNO3/c1-18-12-5-3-4-11(12)16-8-9-6-10(15)7-13(19-2)14(9)17/h6-7,11-12,16-17H,3-5,8H2,1-2H3. The van der Waals surface area contributed by atoms with E-state index in [1.165, 1.54) is 13.5 Å². The second-order valence-corrected chi connectivity index (χ2v) is 5.24. The largest absolute Gasteiger partial charge is 0.504 e. The maximum absolute atomic E-state index is 10.1. The van der Waals surface area contributed by atoms with E-state index >= 15 is 0 Å². The van der Waals surface area contributed by atoms with Crippen molar-refractivity contribution in [1.82, 2.24) is 5.32 Å². The van der Waals surface area contributed by atoms with Crippen molar-refractivity contribution in [2.24, 2.45) is 0 Å². The molecular formula is C14H20ClNO3. The van der Waals surface area contributed by atoms with Gasteiger partial charge < -0.3 is 19.9 Å². The highest BCUT2D eigenvalue weighted by atomic mass is 35.5. The Bertz CT molecular complexity index is 439. The highest BCUT2D eigenvalue weighted by molar-refractivity contribution is 6.30. The van der Waals surface area contributed by atoms with Crippen molar-refractivity contribution >= 4 is 11.6 Å². The molecule has 0 spiro atoms. The molecule has 2 unspecified atom stereocenters. The minimum Gasteiger partial charge on any atom is -0.504 e. The maximum atomic E-state index is 10.1. The van der Waals surface area contributed by atoms with Crippen LogP contribution in [0.2, 0.25) is 5.02 Å². The zero-order valence-corrected chi connectivity index (χ0v) is 12.0. The van der Waals surface area contributed by atoms with E-state index in [0.29, 0.717) is 23.4 Å². The molecule has 1 aliphatic carbocycles. The van der Waals surface area contributed by atoms with E-state index in [9.17, 15) is 5.11 Å². The van der Waals surface area contributed by atoms with Crippen LogP contribution in [0, 0.1) is 0 Å². The summed E-state index contributed by atoms with van der Waals surface area (Å²) in [6, 6.07) is 3.69. The van der Waals surface area contributed by atoms with Crippen LogP contribution < -0.4 is 10.1 Å². The average Bonchev–Trinajstić information content (AvgIpc) is 2.86. The predicted octanol–water partition coefficient (Wildman–Crippen LogP) is 2.71. The van der Waals surface area contributed by atoms with Gasteiger partial charge in [-0.15, -0.1) is 0 Å². The number of phenolic OH excluding ortho intramolecular Hbond substituents is 1. The lowest BCUT2D eigenvalue weighted by atomic mass is 10.1. The summed E-state index contributed by atoms with van der Waals surface area (Å²) in [5, 5.41) is 14.0. The molecule has 19 heavy (non-hydrogen) atoms. The van der Waals surface area contributed by atoms with Crippen molar-refractivity contribution in [1.29, 1.82) is 0 Å². The summed E-state index contributed by atoms with van der Waals surface area (Å²) in [6.45, 7) is 0.549. The molecule has 106 valence electrons. The Morgan fingerprint density at radius 3 is 2.84 bits per heavy atom. The molecule has 1 aromatic carbocycles. The van der Waals surface area contributed by atoms with Gasteiger partial charge in [0.25, 0.3) is 0 Å². The Morgan fingerprint density at radius 1 is 1.37 bits per heavy atom. The third kappa shape index (κ3) is 3.32. The molecule has 0 radical (unpaired) electrons. The molecule has 0 aliphatic heterocycles. The molecule has 0 saturated heterocycles. The van der Waals surface area contributed by atoms with Gasteiger partial charge in [0.05, 0.1) is 13.2 Å². The third-order valence-electron chi connectivity index (χ3n) is 3.65. The topological polar surface area (TPSA) is 50.7 Å². The Morgan fingerprint density at radius 2 is 2.16 bits per heavy atom. The first-order chi connectivity index (χ1) is 9.15. The van der Waals surface area contributed by atoms with Crippen molar-refractivity contribution in [2.75, 3.05) is 14.2 Å². The molecule has 1 aromatic rings. The van der Waals surface area contributed by atoms with Crippen LogP contribution >= 0.6 is 11.6 Å². The van der Waals surface area contributed by atoms with Crippen LogP contribution in [0.4, 0.5) is 0 Å². The van der Waals surface area contributed by atoms with Crippen LogP contribution in [-0.4, -0.2) is 31.5 Å². The Balaban J connectivity index is 2.05. The zero-order chi connectivity index (χ0) is 13.8. The molecule has 0 bridgehead atoms. The molecule has 2 atom stereocenters. The summed E-state index contributed by atoms with van der Waals surface area (Å²) >= 11 is 6.01. The number of phenols is 1. The van der Waals surface area contributed by atoms with E-state index in [0.717, 1.165) is 18.4 Å². The SMILES string of the molecule is COc1cc(Cl)cc(CNC2CCCC2OC)c1O. The zero-order valence-electron chi connectivity index (χ0n) is 11.3. The summed E-state index contributed by atoms with van der Waals surface area (Å²) in [5.41, 5.74) is 0.742. The summed E-state index contributed by atoms with van der Waals surface area (Å²) in [7, 11) is 3.26. The summed E-state index contributed by atoms with van der Waals surface area (Å²) in [5.74, 6) is 0.547. The maximum Gasteiger partial charge on any atom is 0.162 e. The highest BCUT2D eigenvalue weighted by Gasteiger charge is 2.26. The molecule has 5 heteroatoms. The number of benzene rings is 1. The van der Waals surface area contributed by atoms with E-state index in [2.05, 4.69) is 5.32 Å². The average molecular weight is 286 g/mol. The van der Waals surface area contributed by atoms with Gasteiger partial charge in [-0.1, -0.05) is 11.6 Å². The fourth-order valence-electron chi connectivity index (χ4n) is 2.60. The molecule has 0 aromatic heterocycles. The summed E-state index contributed by atoms with van der Waals surface area (Å²) in [4.78, 5) is 0. The number of hydrogen-bond acceptors (Lipinski definition) is 4. The van der Waals surface area contributed by atoms with Crippen LogP contribution in [-0.2, 0) is 11.3 Å². The van der Waals surface area contributed by atoms with Gasteiger partial charge in [-0.2, -0.15) is 0 Å². The lowest BCUT2D eigenvalue weighted by Gasteiger charge is -2.20. The number of aromatic hydroxyl groups is 1. The van der Waals surface area contributed by atoms with Crippen molar-refractivity contribution in [3.05, 3.63) is 22.7 Å². The van der Waals surface area contributed by atoms with Crippen LogP contribution in [0.25, 0.3) is 0 Å². The number of hydrogen-bond donors (Lipinski definition) is 2. The van der Waals surface area contributed by atoms with Crippen LogP contribution in [0.3, 0.4) is 0 Å². The molecule has 1 saturated carbocycles. The Kier molecular flexibility index (Phi) is 4.91. The lowest BCUT2D eigenvalue weighted by Crippen LogP contribution is -2.36. The smallest absolute Gasteiger partial charge is 0.162 e. The normalized spacial score (nSPS) is 22.7. The van der Waals surface area contributed by atoms with Gasteiger partial charge in [0.2, 0.25) is 0 Å². The predicted molar refractivity (Wildman–Crippen MR) is 74.9 cm³/mol. The fourth-order valence-corrected chi connectivity index (χ4v) is 2.83. The molecule has 0 amide bonds. The highest BCUT2D eigenvalue weighted by Crippen LogP contribution is 2.33. The minimum absolute atomic E-state index is 0.145. The molecule has 4 nitrogen and oxygen atoms in total. The van der Waals surface area contributed by atoms with E-state index < -0.39 is 0 Å². The first-order valence-electron chi connectivity index (χ1n) is 6.47. The van der Waals surface area contributed by atoms with Crippen molar-refractivity contribution < 1.29 is 14.6 Å². The van der Waals surface area contributed by atoms with Gasteiger partial charge in [-0.05, 0) is 25.3 Å². The van der Waals surface area contributed by atoms with Gasteiger partial charge >= 0.3 is 0 Å². The van der Waals surface area contributed by atoms with Crippen molar-refractivity contribution in [3.8, 4) is 11.5 Å². The molecular weight excluding hydrogens is 266 g/mol. The van der Waals surface area contributed by atoms with E-state index in [4.69, 9.17) is 21.1 Å². The van der Waals surface area contributed by atoms with Crippen LogP contribution in [0.15, 0.2) is 12.1 Å². The first kappa shape index (κ1) is 14.4. The number of ether oxygens (including phenoxy) is 2. The number of rotatable bonds is 5. The van der Waals surface area contributed by atoms with Gasteiger partial charge in [-0.3, -0.25) is 0 Å². The van der Waals surface area contributed by atoms with Gasteiger partial charge in [0, 0.05) is 36.3 Å².